The monoisotopic (exact) mass is 488 g/mol. The molecule has 2 aromatic rings. The van der Waals surface area contributed by atoms with Gasteiger partial charge in [0.25, 0.3) is 0 Å². The van der Waals surface area contributed by atoms with Crippen molar-refractivity contribution in [3.05, 3.63) is 59.7 Å². The molecule has 0 unspecified atom stereocenters. The molecule has 2 rings (SSSR count). The van der Waals surface area contributed by atoms with E-state index in [4.69, 9.17) is 4.74 Å². The fraction of sp³-hybridized carbons (Fsp3) is 0.538. The summed E-state index contributed by atoms with van der Waals surface area (Å²) in [6, 6.07) is 18.1. The van der Waals surface area contributed by atoms with Crippen LogP contribution in [0.15, 0.2) is 48.5 Å². The normalized spacial score (nSPS) is 11.6. The first-order valence-corrected chi connectivity index (χ1v) is 18.9. The van der Waals surface area contributed by atoms with Gasteiger partial charge in [-0.1, -0.05) is 0 Å². The van der Waals surface area contributed by atoms with Crippen molar-refractivity contribution in [2.24, 2.45) is 0 Å². The molecular weight excluding hydrogens is 447 g/mol. The summed E-state index contributed by atoms with van der Waals surface area (Å²) < 4.78 is 12.0. The van der Waals surface area contributed by atoms with Gasteiger partial charge >= 0.3 is 178 Å². The summed E-state index contributed by atoms with van der Waals surface area (Å²) >= 11 is -2.39. The van der Waals surface area contributed by atoms with Crippen molar-refractivity contribution in [1.29, 1.82) is 0 Å². The molecule has 0 bridgehead atoms. The van der Waals surface area contributed by atoms with Gasteiger partial charge in [-0.15, -0.1) is 0 Å². The molecule has 0 saturated heterocycles. The third-order valence-electron chi connectivity index (χ3n) is 6.16. The Morgan fingerprint density at radius 3 is 1.82 bits per heavy atom. The average Bonchev–Trinajstić information content (AvgIpc) is 2.74. The van der Waals surface area contributed by atoms with E-state index >= 15 is 0 Å². The summed E-state index contributed by atoms with van der Waals surface area (Å²) in [5.74, 6) is 1.05. The van der Waals surface area contributed by atoms with E-state index in [2.05, 4.69) is 69.3 Å². The second kappa shape index (κ2) is 12.6. The summed E-state index contributed by atoms with van der Waals surface area (Å²) in [7, 11) is 1.81. The zero-order valence-electron chi connectivity index (χ0n) is 18.6. The summed E-state index contributed by atoms with van der Waals surface area (Å²) in [4.78, 5) is 0. The van der Waals surface area contributed by atoms with Crippen LogP contribution in [-0.2, 0) is 6.42 Å². The van der Waals surface area contributed by atoms with E-state index in [9.17, 15) is 0 Å². The van der Waals surface area contributed by atoms with E-state index < -0.39 is 18.4 Å². The number of methoxy groups -OCH3 is 1. The van der Waals surface area contributed by atoms with Crippen molar-refractivity contribution in [3.63, 3.8) is 0 Å². The van der Waals surface area contributed by atoms with Crippen LogP contribution < -0.4 is 8.32 Å². The summed E-state index contributed by atoms with van der Waals surface area (Å²) in [5, 5.41) is 0. The molecule has 0 aliphatic carbocycles. The molecule has 0 heterocycles. The maximum absolute atomic E-state index is 5.75. The molecule has 0 fully saturated rings. The predicted molar refractivity (Wildman–Crippen MR) is 127 cm³/mol. The predicted octanol–water partition coefficient (Wildman–Crippen LogP) is 7.34. The Kier molecular flexibility index (Phi) is 10.5. The molecule has 0 atom stereocenters. The van der Waals surface area contributed by atoms with Crippen LogP contribution in [0.5, 0.6) is 5.75 Å². The Bertz CT molecular complexity index is 658. The fourth-order valence-corrected chi connectivity index (χ4v) is 20.5. The van der Waals surface area contributed by atoms with Gasteiger partial charge in [-0.3, -0.25) is 0 Å². The Labute approximate surface area is 177 Å². The van der Waals surface area contributed by atoms with E-state index in [1.807, 2.05) is 7.11 Å². The Morgan fingerprint density at radius 1 is 0.750 bits per heavy atom. The second-order valence-electron chi connectivity index (χ2n) is 8.28. The quantitative estimate of drug-likeness (QED) is 0.269. The molecule has 0 aliphatic heterocycles. The molecule has 2 heteroatoms. The van der Waals surface area contributed by atoms with Gasteiger partial charge in [0.05, 0.1) is 0 Å². The zero-order valence-corrected chi connectivity index (χ0v) is 21.5. The van der Waals surface area contributed by atoms with Crippen LogP contribution in [0.3, 0.4) is 0 Å². The molecule has 0 N–H and O–H groups in total. The van der Waals surface area contributed by atoms with Crippen LogP contribution >= 0.6 is 0 Å². The third-order valence-corrected chi connectivity index (χ3v) is 21.8. The number of rotatable bonds is 13. The maximum atomic E-state index is 5.75. The summed E-state index contributed by atoms with van der Waals surface area (Å²) in [6.45, 7) is 7.06. The number of unbranched alkanes of at least 4 members (excludes halogenated alkanes) is 3. The van der Waals surface area contributed by atoms with Crippen LogP contribution in [0.2, 0.25) is 13.3 Å². The van der Waals surface area contributed by atoms with E-state index in [0.29, 0.717) is 0 Å². The second-order valence-corrected chi connectivity index (χ2v) is 21.5. The van der Waals surface area contributed by atoms with Gasteiger partial charge in [0, 0.05) is 0 Å². The van der Waals surface area contributed by atoms with Gasteiger partial charge in [0.2, 0.25) is 0 Å². The van der Waals surface area contributed by atoms with Crippen LogP contribution in [0.25, 0.3) is 0 Å². The van der Waals surface area contributed by atoms with E-state index in [0.717, 1.165) is 12.2 Å². The first kappa shape index (κ1) is 23.3. The van der Waals surface area contributed by atoms with Crippen LogP contribution in [0.1, 0.15) is 70.4 Å². The van der Waals surface area contributed by atoms with Crippen LogP contribution in [0.4, 0.5) is 0 Å². The Morgan fingerprint density at radius 2 is 1.32 bits per heavy atom. The van der Waals surface area contributed by atoms with Crippen LogP contribution in [-0.4, -0.2) is 25.5 Å². The molecule has 0 radical (unpaired) electrons. The minimum absolute atomic E-state index is 0.967. The van der Waals surface area contributed by atoms with E-state index in [1.54, 1.807) is 3.58 Å². The topological polar surface area (TPSA) is 9.23 Å². The van der Waals surface area contributed by atoms with E-state index in [1.165, 1.54) is 63.0 Å². The molecule has 2 aromatic carbocycles. The molecule has 154 valence electrons. The van der Waals surface area contributed by atoms with Gasteiger partial charge in [-0.05, 0) is 0 Å². The molecule has 0 spiro atoms. The molecular formula is C26H40OSn. The van der Waals surface area contributed by atoms with Crippen molar-refractivity contribution >= 4 is 22.0 Å². The van der Waals surface area contributed by atoms with Gasteiger partial charge < -0.3 is 0 Å². The van der Waals surface area contributed by atoms with Crippen molar-refractivity contribution in [2.75, 3.05) is 7.11 Å². The Balaban J connectivity index is 2.43. The molecule has 28 heavy (non-hydrogen) atoms. The van der Waals surface area contributed by atoms with Crippen molar-refractivity contribution < 1.29 is 4.74 Å². The SMILES string of the molecule is CCC[CH2][Sn]([CH2]CCC)([CH2]CCC)[c]1ccc(OC)c(Cc2ccccc2)c1. The van der Waals surface area contributed by atoms with Crippen molar-refractivity contribution in [2.45, 2.75) is 79.0 Å². The molecule has 1 nitrogen and oxygen atoms in total. The first-order chi connectivity index (χ1) is 13.7. The van der Waals surface area contributed by atoms with E-state index in [-0.39, 0.29) is 0 Å². The van der Waals surface area contributed by atoms with Gasteiger partial charge in [0.15, 0.2) is 0 Å². The number of benzene rings is 2. The van der Waals surface area contributed by atoms with Gasteiger partial charge in [-0.25, -0.2) is 0 Å². The average molecular weight is 487 g/mol. The molecule has 0 amide bonds. The Hall–Kier alpha value is -0.961. The van der Waals surface area contributed by atoms with Gasteiger partial charge in [0.1, 0.15) is 0 Å². The number of hydrogen-bond donors (Lipinski definition) is 0. The standard InChI is InChI=1S/C14H13O.3C4H9.Sn/c1-15-14-10-6-5-9-13(14)11-12-7-3-2-4-8-12;3*1-3-4-2;/h2-4,6-10H,11H2,1H3;3*1,3-4H2,2H3;. The number of hydrogen-bond acceptors (Lipinski definition) is 1. The van der Waals surface area contributed by atoms with Crippen molar-refractivity contribution in [3.8, 4) is 5.75 Å². The summed E-state index contributed by atoms with van der Waals surface area (Å²) in [6.07, 6.45) is 9.16. The molecule has 0 aliphatic rings. The van der Waals surface area contributed by atoms with Gasteiger partial charge in [-0.2, -0.15) is 0 Å². The first-order valence-electron chi connectivity index (χ1n) is 11.4. The van der Waals surface area contributed by atoms with Crippen LogP contribution in [0, 0.1) is 0 Å². The fourth-order valence-electron chi connectivity index (χ4n) is 4.42. The molecule has 0 aromatic heterocycles. The number of ether oxygens (including phenoxy) is 1. The minimum atomic E-state index is -2.39. The summed E-state index contributed by atoms with van der Waals surface area (Å²) in [5.41, 5.74) is 2.74. The molecule has 0 saturated carbocycles. The third kappa shape index (κ3) is 6.54. The zero-order chi connectivity index (χ0) is 20.2. The van der Waals surface area contributed by atoms with Crippen molar-refractivity contribution in [1.82, 2.24) is 0 Å².